The number of nitrogens with two attached hydrogens (primary N) is 1. The number of nitrogen functional groups attached to an aromatic ring is 1. The number of rotatable bonds is 2. The maximum absolute atomic E-state index is 12.1. The van der Waals surface area contributed by atoms with Crippen molar-refractivity contribution in [1.82, 2.24) is 4.98 Å². The normalized spacial score (nSPS) is 10.4. The number of hydrogen-bond donors (Lipinski definition) is 1. The fraction of sp³-hybridized carbons (Fsp3) is 0.222. The predicted octanol–water partition coefficient (Wildman–Crippen LogP) is 1.50. The number of aromatic nitrogens is 1. The van der Waals surface area contributed by atoms with Gasteiger partial charge in [-0.2, -0.15) is 10.5 Å². The second-order valence-corrected chi connectivity index (χ2v) is 2.86. The molecule has 8 heteroatoms. The van der Waals surface area contributed by atoms with Gasteiger partial charge < -0.3 is 10.5 Å². The SMILES string of the molecule is N#CCc1ncc(N)c(OC(F)(F)F)c1C#N. The molecule has 0 amide bonds. The molecular formula is C9H5F3N4O. The zero-order valence-electron chi connectivity index (χ0n) is 8.25. The van der Waals surface area contributed by atoms with Crippen LogP contribution in [0.1, 0.15) is 11.3 Å². The predicted molar refractivity (Wildman–Crippen MR) is 49.4 cm³/mol. The van der Waals surface area contributed by atoms with Gasteiger partial charge in [0.2, 0.25) is 0 Å². The minimum atomic E-state index is -4.97. The maximum Gasteiger partial charge on any atom is 0.573 e. The Balaban J connectivity index is 3.33. The Labute approximate surface area is 93.8 Å². The third-order valence-electron chi connectivity index (χ3n) is 1.71. The van der Waals surface area contributed by atoms with Gasteiger partial charge in [-0.15, -0.1) is 13.2 Å². The van der Waals surface area contributed by atoms with Crippen LogP contribution >= 0.6 is 0 Å². The first-order chi connectivity index (χ1) is 7.89. The summed E-state index contributed by atoms with van der Waals surface area (Å²) in [5.41, 5.74) is 4.24. The molecule has 0 bridgehead atoms. The van der Waals surface area contributed by atoms with Crippen molar-refractivity contribution in [1.29, 1.82) is 10.5 Å². The zero-order valence-corrected chi connectivity index (χ0v) is 8.25. The Bertz CT molecular complexity index is 513. The Hall–Kier alpha value is -2.48. The van der Waals surface area contributed by atoms with Gasteiger partial charge in [0.05, 0.1) is 30.1 Å². The summed E-state index contributed by atoms with van der Waals surface area (Å²) >= 11 is 0. The number of hydrogen-bond acceptors (Lipinski definition) is 5. The van der Waals surface area contributed by atoms with Crippen LogP contribution < -0.4 is 10.5 Å². The second-order valence-electron chi connectivity index (χ2n) is 2.86. The van der Waals surface area contributed by atoms with E-state index in [1.165, 1.54) is 6.07 Å². The largest absolute Gasteiger partial charge is 0.573 e. The van der Waals surface area contributed by atoms with Crippen LogP contribution in [0.2, 0.25) is 0 Å². The molecule has 1 rings (SSSR count). The lowest BCUT2D eigenvalue weighted by atomic mass is 10.1. The summed E-state index contributed by atoms with van der Waals surface area (Å²) in [6.07, 6.45) is -4.36. The van der Waals surface area contributed by atoms with Crippen LogP contribution in [0.25, 0.3) is 0 Å². The first-order valence-electron chi connectivity index (χ1n) is 4.19. The Morgan fingerprint density at radius 1 is 1.41 bits per heavy atom. The van der Waals surface area contributed by atoms with Crippen LogP contribution in [-0.2, 0) is 6.42 Å². The van der Waals surface area contributed by atoms with E-state index < -0.39 is 23.4 Å². The van der Waals surface area contributed by atoms with Crippen LogP contribution in [0.15, 0.2) is 6.20 Å². The highest BCUT2D eigenvalue weighted by atomic mass is 19.4. The van der Waals surface area contributed by atoms with E-state index in [2.05, 4.69) is 9.72 Å². The Kier molecular flexibility index (Phi) is 3.39. The summed E-state index contributed by atoms with van der Waals surface area (Å²) in [5.74, 6) is -0.819. The molecule has 0 fully saturated rings. The van der Waals surface area contributed by atoms with Crippen molar-refractivity contribution >= 4 is 5.69 Å². The molecule has 0 spiro atoms. The summed E-state index contributed by atoms with van der Waals surface area (Å²) < 4.78 is 39.9. The molecule has 0 saturated heterocycles. The van der Waals surface area contributed by atoms with Crippen molar-refractivity contribution in [3.63, 3.8) is 0 Å². The molecular weight excluding hydrogens is 237 g/mol. The van der Waals surface area contributed by atoms with Crippen LogP contribution in [-0.4, -0.2) is 11.3 Å². The van der Waals surface area contributed by atoms with Gasteiger partial charge in [0.1, 0.15) is 11.6 Å². The van der Waals surface area contributed by atoms with E-state index in [0.29, 0.717) is 0 Å². The van der Waals surface area contributed by atoms with Crippen molar-refractivity contribution in [3.8, 4) is 17.9 Å². The number of nitriles is 2. The van der Waals surface area contributed by atoms with E-state index in [1.54, 1.807) is 6.07 Å². The Morgan fingerprint density at radius 2 is 2.06 bits per heavy atom. The lowest BCUT2D eigenvalue weighted by Crippen LogP contribution is -2.19. The summed E-state index contributed by atoms with van der Waals surface area (Å²) in [6.45, 7) is 0. The third kappa shape index (κ3) is 2.98. The van der Waals surface area contributed by atoms with Crippen molar-refractivity contribution in [3.05, 3.63) is 17.5 Å². The number of ether oxygens (including phenoxy) is 1. The molecule has 1 aromatic heterocycles. The van der Waals surface area contributed by atoms with E-state index >= 15 is 0 Å². The lowest BCUT2D eigenvalue weighted by molar-refractivity contribution is -0.274. The van der Waals surface area contributed by atoms with Crippen LogP contribution in [0.4, 0.5) is 18.9 Å². The van der Waals surface area contributed by atoms with Gasteiger partial charge in [0.25, 0.3) is 0 Å². The molecule has 0 aromatic carbocycles. The topological polar surface area (TPSA) is 95.7 Å². The fourth-order valence-electron chi connectivity index (χ4n) is 1.10. The highest BCUT2D eigenvalue weighted by Gasteiger charge is 2.34. The molecule has 5 nitrogen and oxygen atoms in total. The van der Waals surface area contributed by atoms with E-state index in [1.807, 2.05) is 0 Å². The van der Waals surface area contributed by atoms with Crippen molar-refractivity contribution in [2.24, 2.45) is 0 Å². The minimum absolute atomic E-state index is 0.108. The summed E-state index contributed by atoms with van der Waals surface area (Å²) in [4.78, 5) is 3.61. The number of alkyl halides is 3. The lowest BCUT2D eigenvalue weighted by Gasteiger charge is -2.13. The fourth-order valence-corrected chi connectivity index (χ4v) is 1.10. The molecule has 17 heavy (non-hydrogen) atoms. The van der Waals surface area contributed by atoms with Gasteiger partial charge in [-0.05, 0) is 0 Å². The van der Waals surface area contributed by atoms with Gasteiger partial charge in [0.15, 0.2) is 5.75 Å². The molecule has 0 aliphatic rings. The van der Waals surface area contributed by atoms with Crippen LogP contribution in [0.3, 0.4) is 0 Å². The van der Waals surface area contributed by atoms with E-state index in [-0.39, 0.29) is 12.1 Å². The standard InChI is InChI=1S/C9H5F3N4O/c10-9(11,12)17-8-5(3-14)7(1-2-13)16-4-6(8)15/h4H,1,15H2. The number of anilines is 1. The first kappa shape index (κ1) is 12.6. The molecule has 0 radical (unpaired) electrons. The molecule has 88 valence electrons. The average molecular weight is 242 g/mol. The van der Waals surface area contributed by atoms with Gasteiger partial charge >= 0.3 is 6.36 Å². The summed E-state index contributed by atoms with van der Waals surface area (Å²) in [7, 11) is 0. The number of pyridine rings is 1. The van der Waals surface area contributed by atoms with Crippen molar-refractivity contribution < 1.29 is 17.9 Å². The molecule has 0 atom stereocenters. The molecule has 0 unspecified atom stereocenters. The second kappa shape index (κ2) is 4.58. The molecule has 0 saturated carbocycles. The summed E-state index contributed by atoms with van der Waals surface area (Å²) in [6, 6.07) is 3.17. The molecule has 0 aliphatic heterocycles. The van der Waals surface area contributed by atoms with E-state index in [9.17, 15) is 13.2 Å². The van der Waals surface area contributed by atoms with Crippen LogP contribution in [0.5, 0.6) is 5.75 Å². The minimum Gasteiger partial charge on any atom is -0.402 e. The highest BCUT2D eigenvalue weighted by molar-refractivity contribution is 5.61. The van der Waals surface area contributed by atoms with Gasteiger partial charge in [-0.25, -0.2) is 0 Å². The first-order valence-corrected chi connectivity index (χ1v) is 4.19. The van der Waals surface area contributed by atoms with Crippen molar-refractivity contribution in [2.75, 3.05) is 5.73 Å². The van der Waals surface area contributed by atoms with E-state index in [0.717, 1.165) is 6.20 Å². The number of nitrogens with zero attached hydrogens (tertiary/aromatic N) is 3. The smallest absolute Gasteiger partial charge is 0.402 e. The maximum atomic E-state index is 12.1. The Morgan fingerprint density at radius 3 is 2.53 bits per heavy atom. The summed E-state index contributed by atoms with van der Waals surface area (Å²) in [5, 5.41) is 17.2. The third-order valence-corrected chi connectivity index (χ3v) is 1.71. The van der Waals surface area contributed by atoms with Gasteiger partial charge in [0, 0.05) is 0 Å². The quantitative estimate of drug-likeness (QED) is 0.847. The highest BCUT2D eigenvalue weighted by Crippen LogP contribution is 2.32. The van der Waals surface area contributed by atoms with Crippen LogP contribution in [0, 0.1) is 22.7 Å². The molecule has 0 aliphatic carbocycles. The van der Waals surface area contributed by atoms with E-state index in [4.69, 9.17) is 16.3 Å². The average Bonchev–Trinajstić information content (AvgIpc) is 2.22. The molecule has 1 heterocycles. The monoisotopic (exact) mass is 242 g/mol. The van der Waals surface area contributed by atoms with Gasteiger partial charge in [-0.1, -0.05) is 0 Å². The van der Waals surface area contributed by atoms with Gasteiger partial charge in [-0.3, -0.25) is 4.98 Å². The molecule has 2 N–H and O–H groups in total. The molecule has 1 aromatic rings. The number of halogens is 3. The zero-order chi connectivity index (χ0) is 13.1. The van der Waals surface area contributed by atoms with Crippen molar-refractivity contribution in [2.45, 2.75) is 12.8 Å².